The zero-order valence-corrected chi connectivity index (χ0v) is 10.9. The Bertz CT molecular complexity index is 331. The molecule has 15 heavy (non-hydrogen) atoms. The highest BCUT2D eigenvalue weighted by Gasteiger charge is 2.15. The van der Waals surface area contributed by atoms with Crippen LogP contribution < -0.4 is 5.32 Å². The van der Waals surface area contributed by atoms with E-state index in [0.717, 1.165) is 23.1 Å². The van der Waals surface area contributed by atoms with Crippen LogP contribution in [0.15, 0.2) is 11.2 Å². The lowest BCUT2D eigenvalue weighted by molar-refractivity contribution is 0.797. The van der Waals surface area contributed by atoms with Crippen molar-refractivity contribution in [2.45, 2.75) is 44.4 Å². The molecular weight excluding hydrogens is 206 g/mol. The van der Waals surface area contributed by atoms with Crippen molar-refractivity contribution < 1.29 is 0 Å². The molecule has 1 aromatic rings. The van der Waals surface area contributed by atoms with Crippen LogP contribution in [0.1, 0.15) is 33.3 Å². The number of thioether (sulfide) groups is 1. The summed E-state index contributed by atoms with van der Waals surface area (Å²) in [6, 6.07) is 0. The van der Waals surface area contributed by atoms with Gasteiger partial charge in [0.05, 0.1) is 0 Å². The molecule has 0 aromatic carbocycles. The summed E-state index contributed by atoms with van der Waals surface area (Å²) in [7, 11) is 0. The minimum absolute atomic E-state index is 0.183. The molecular formula is C11H19N3S. The first-order chi connectivity index (χ1) is 6.92. The summed E-state index contributed by atoms with van der Waals surface area (Å²) >= 11 is 1.78. The van der Waals surface area contributed by atoms with Crippen molar-refractivity contribution in [2.75, 3.05) is 11.9 Å². The van der Waals surface area contributed by atoms with Gasteiger partial charge in [-0.15, -0.1) is 11.8 Å². The molecule has 0 bridgehead atoms. The van der Waals surface area contributed by atoms with Crippen molar-refractivity contribution in [1.29, 1.82) is 0 Å². The summed E-state index contributed by atoms with van der Waals surface area (Å²) < 4.78 is 0.183. The Balaban J connectivity index is 2.90. The molecule has 3 nitrogen and oxygen atoms in total. The zero-order chi connectivity index (χ0) is 11.5. The molecule has 1 N–H and O–H groups in total. The number of nitrogens with zero attached hydrogens (tertiary/aromatic N) is 2. The largest absolute Gasteiger partial charge is 0.354 e. The van der Waals surface area contributed by atoms with Crippen LogP contribution in [0, 0.1) is 6.92 Å². The molecule has 1 rings (SSSR count). The van der Waals surface area contributed by atoms with Crippen molar-refractivity contribution in [2.24, 2.45) is 0 Å². The smallest absolute Gasteiger partial charge is 0.223 e. The van der Waals surface area contributed by atoms with Crippen molar-refractivity contribution in [3.63, 3.8) is 0 Å². The van der Waals surface area contributed by atoms with Gasteiger partial charge in [0.15, 0.2) is 0 Å². The third-order valence-corrected chi connectivity index (χ3v) is 2.88. The molecule has 0 unspecified atom stereocenters. The highest BCUT2D eigenvalue weighted by atomic mass is 32.2. The van der Waals surface area contributed by atoms with E-state index in [1.807, 2.05) is 20.0 Å². The average molecular weight is 225 g/mol. The topological polar surface area (TPSA) is 37.8 Å². The average Bonchev–Trinajstić information content (AvgIpc) is 2.09. The number of aryl methyl sites for hydroxylation is 1. The molecule has 0 radical (unpaired) electrons. The lowest BCUT2D eigenvalue weighted by Gasteiger charge is -2.18. The fraction of sp³-hybridized carbons (Fsp3) is 0.636. The normalized spacial score (nSPS) is 11.5. The third-order valence-electron chi connectivity index (χ3n) is 1.66. The number of aromatic nitrogens is 2. The lowest BCUT2D eigenvalue weighted by atomic mass is 10.3. The molecule has 0 spiro atoms. The molecule has 0 aliphatic carbocycles. The molecule has 1 heterocycles. The van der Waals surface area contributed by atoms with E-state index in [9.17, 15) is 0 Å². The Kier molecular flexibility index (Phi) is 3.97. The van der Waals surface area contributed by atoms with Gasteiger partial charge in [-0.05, 0) is 19.4 Å². The predicted molar refractivity (Wildman–Crippen MR) is 66.5 cm³/mol. The maximum atomic E-state index is 4.49. The molecule has 0 atom stereocenters. The highest BCUT2D eigenvalue weighted by molar-refractivity contribution is 8.00. The van der Waals surface area contributed by atoms with E-state index >= 15 is 0 Å². The van der Waals surface area contributed by atoms with Gasteiger partial charge in [0.25, 0.3) is 0 Å². The Labute approximate surface area is 96.1 Å². The van der Waals surface area contributed by atoms with E-state index in [4.69, 9.17) is 0 Å². The summed E-state index contributed by atoms with van der Waals surface area (Å²) in [5, 5.41) is 4.19. The van der Waals surface area contributed by atoms with Gasteiger partial charge < -0.3 is 5.32 Å². The highest BCUT2D eigenvalue weighted by Crippen LogP contribution is 2.32. The minimum Gasteiger partial charge on any atom is -0.354 e. The Morgan fingerprint density at radius 2 is 2.07 bits per heavy atom. The SMILES string of the molecule is CCNc1ncc(C)c(SC(C)(C)C)n1. The first kappa shape index (κ1) is 12.3. The van der Waals surface area contributed by atoms with E-state index < -0.39 is 0 Å². The summed E-state index contributed by atoms with van der Waals surface area (Å²) in [5.41, 5.74) is 1.14. The summed E-state index contributed by atoms with van der Waals surface area (Å²) in [4.78, 5) is 8.71. The second kappa shape index (κ2) is 4.84. The van der Waals surface area contributed by atoms with E-state index in [-0.39, 0.29) is 4.75 Å². The van der Waals surface area contributed by atoms with Crippen LogP contribution in [0.25, 0.3) is 0 Å². The van der Waals surface area contributed by atoms with Gasteiger partial charge in [-0.3, -0.25) is 0 Å². The molecule has 0 amide bonds. The van der Waals surface area contributed by atoms with Gasteiger partial charge in [0.1, 0.15) is 5.03 Å². The van der Waals surface area contributed by atoms with Gasteiger partial charge in [-0.1, -0.05) is 20.8 Å². The Morgan fingerprint density at radius 1 is 1.40 bits per heavy atom. The Morgan fingerprint density at radius 3 is 2.60 bits per heavy atom. The van der Waals surface area contributed by atoms with Crippen molar-refractivity contribution in [3.8, 4) is 0 Å². The number of rotatable bonds is 3. The number of hydrogen-bond donors (Lipinski definition) is 1. The standard InChI is InChI=1S/C11H19N3S/c1-6-12-10-13-7-8(2)9(14-10)15-11(3,4)5/h7H,6H2,1-5H3,(H,12,13,14). The third kappa shape index (κ3) is 4.08. The minimum atomic E-state index is 0.183. The van der Waals surface area contributed by atoms with Gasteiger partial charge in [-0.25, -0.2) is 9.97 Å². The summed E-state index contributed by atoms with van der Waals surface area (Å²) in [6.07, 6.45) is 1.87. The van der Waals surface area contributed by atoms with E-state index in [1.165, 1.54) is 0 Å². The molecule has 0 fully saturated rings. The zero-order valence-electron chi connectivity index (χ0n) is 10.1. The van der Waals surface area contributed by atoms with Gasteiger partial charge in [0, 0.05) is 17.5 Å². The maximum Gasteiger partial charge on any atom is 0.223 e. The molecule has 0 aliphatic rings. The first-order valence-corrected chi connectivity index (χ1v) is 6.00. The molecule has 0 saturated heterocycles. The Hall–Kier alpha value is -0.770. The quantitative estimate of drug-likeness (QED) is 0.633. The van der Waals surface area contributed by atoms with Crippen LogP contribution in [0.5, 0.6) is 0 Å². The maximum absolute atomic E-state index is 4.49. The molecule has 84 valence electrons. The fourth-order valence-corrected chi connectivity index (χ4v) is 1.99. The van der Waals surface area contributed by atoms with Gasteiger partial charge in [-0.2, -0.15) is 0 Å². The van der Waals surface area contributed by atoms with Gasteiger partial charge in [0.2, 0.25) is 5.95 Å². The van der Waals surface area contributed by atoms with Crippen LogP contribution in [-0.2, 0) is 0 Å². The first-order valence-electron chi connectivity index (χ1n) is 5.19. The monoisotopic (exact) mass is 225 g/mol. The molecule has 1 aromatic heterocycles. The number of anilines is 1. The van der Waals surface area contributed by atoms with Crippen molar-refractivity contribution in [3.05, 3.63) is 11.8 Å². The van der Waals surface area contributed by atoms with Crippen LogP contribution in [0.4, 0.5) is 5.95 Å². The van der Waals surface area contributed by atoms with Crippen LogP contribution >= 0.6 is 11.8 Å². The van der Waals surface area contributed by atoms with Gasteiger partial charge >= 0.3 is 0 Å². The van der Waals surface area contributed by atoms with Crippen LogP contribution in [0.3, 0.4) is 0 Å². The molecule has 4 heteroatoms. The summed E-state index contributed by atoms with van der Waals surface area (Å²) in [5.74, 6) is 0.717. The van der Waals surface area contributed by atoms with Crippen LogP contribution in [0.2, 0.25) is 0 Å². The number of hydrogen-bond acceptors (Lipinski definition) is 4. The van der Waals surface area contributed by atoms with Crippen LogP contribution in [-0.4, -0.2) is 21.3 Å². The lowest BCUT2D eigenvalue weighted by Crippen LogP contribution is -2.10. The molecule has 0 saturated carbocycles. The summed E-state index contributed by atoms with van der Waals surface area (Å²) in [6.45, 7) is 11.5. The number of nitrogens with one attached hydrogen (secondary N) is 1. The van der Waals surface area contributed by atoms with Crippen molar-refractivity contribution >= 4 is 17.7 Å². The van der Waals surface area contributed by atoms with E-state index in [1.54, 1.807) is 11.8 Å². The predicted octanol–water partition coefficient (Wildman–Crippen LogP) is 3.11. The van der Waals surface area contributed by atoms with E-state index in [0.29, 0.717) is 0 Å². The second-order valence-corrected chi connectivity index (χ2v) is 6.24. The second-order valence-electron chi connectivity index (χ2n) is 4.43. The molecule has 0 aliphatic heterocycles. The fourth-order valence-electron chi connectivity index (χ4n) is 1.06. The van der Waals surface area contributed by atoms with Crippen molar-refractivity contribution in [1.82, 2.24) is 9.97 Å². The van der Waals surface area contributed by atoms with E-state index in [2.05, 4.69) is 36.1 Å².